The number of rotatable bonds is 3. The fourth-order valence-electron chi connectivity index (χ4n) is 2.80. The zero-order valence-electron chi connectivity index (χ0n) is 12.8. The molecule has 0 bridgehead atoms. The zero-order chi connectivity index (χ0) is 16.4. The van der Waals surface area contributed by atoms with Gasteiger partial charge in [0.25, 0.3) is 5.91 Å². The minimum absolute atomic E-state index is 0.0563. The molecule has 1 amide bonds. The second-order valence-corrected chi connectivity index (χ2v) is 5.51. The maximum absolute atomic E-state index is 12.6. The topological polar surface area (TPSA) is 81.9 Å². The number of nitrogens with zero attached hydrogens (tertiary/aromatic N) is 4. The Morgan fingerprint density at radius 3 is 3.00 bits per heavy atom. The third kappa shape index (κ3) is 2.71. The van der Waals surface area contributed by atoms with E-state index in [0.717, 1.165) is 23.4 Å². The van der Waals surface area contributed by atoms with Crippen molar-refractivity contribution in [1.29, 1.82) is 0 Å². The zero-order valence-corrected chi connectivity index (χ0v) is 12.8. The first-order chi connectivity index (χ1) is 11.8. The smallest absolute Gasteiger partial charge is 0.251 e. The Kier molecular flexibility index (Phi) is 3.66. The summed E-state index contributed by atoms with van der Waals surface area (Å²) in [5.41, 5.74) is 2.31. The molecule has 0 saturated heterocycles. The molecular weight excluding hydrogens is 306 g/mol. The number of fused-ring (bicyclic) bond motifs is 1. The van der Waals surface area contributed by atoms with Crippen molar-refractivity contribution in [2.24, 2.45) is 0 Å². The molecule has 2 heterocycles. The van der Waals surface area contributed by atoms with E-state index in [-0.39, 0.29) is 11.9 Å². The molecule has 24 heavy (non-hydrogen) atoms. The van der Waals surface area contributed by atoms with E-state index in [0.29, 0.717) is 12.2 Å². The molecule has 0 spiro atoms. The Morgan fingerprint density at radius 1 is 1.21 bits per heavy atom. The van der Waals surface area contributed by atoms with E-state index in [1.165, 1.54) is 11.0 Å². The van der Waals surface area contributed by atoms with Crippen molar-refractivity contribution < 1.29 is 9.53 Å². The predicted octanol–water partition coefficient (Wildman–Crippen LogP) is 1.92. The quantitative estimate of drug-likeness (QED) is 0.797. The number of nitrogens with one attached hydrogen (secondary N) is 1. The summed E-state index contributed by atoms with van der Waals surface area (Å²) in [6.07, 6.45) is 2.24. The van der Waals surface area contributed by atoms with Gasteiger partial charge >= 0.3 is 0 Å². The highest BCUT2D eigenvalue weighted by atomic mass is 16.5. The molecule has 0 radical (unpaired) electrons. The van der Waals surface area contributed by atoms with Gasteiger partial charge in [0.15, 0.2) is 0 Å². The van der Waals surface area contributed by atoms with Crippen molar-refractivity contribution in [3.8, 4) is 11.4 Å². The minimum atomic E-state index is -0.133. The van der Waals surface area contributed by atoms with Crippen molar-refractivity contribution in [1.82, 2.24) is 25.5 Å². The average molecular weight is 321 g/mol. The molecule has 1 aliphatic rings. The van der Waals surface area contributed by atoms with Crippen LogP contribution in [0.15, 0.2) is 54.9 Å². The van der Waals surface area contributed by atoms with Gasteiger partial charge in [-0.25, -0.2) is 4.68 Å². The summed E-state index contributed by atoms with van der Waals surface area (Å²) in [4.78, 5) is 12.6. The molecule has 1 N–H and O–H groups in total. The third-order valence-electron chi connectivity index (χ3n) is 3.99. The summed E-state index contributed by atoms with van der Waals surface area (Å²) >= 11 is 0. The first-order valence-corrected chi connectivity index (χ1v) is 7.67. The summed E-state index contributed by atoms with van der Waals surface area (Å²) in [5, 5.41) is 14.1. The van der Waals surface area contributed by atoms with Gasteiger partial charge in [-0.05, 0) is 34.7 Å². The lowest BCUT2D eigenvalue weighted by atomic mass is 10.00. The van der Waals surface area contributed by atoms with Crippen LogP contribution in [0.3, 0.4) is 0 Å². The van der Waals surface area contributed by atoms with E-state index in [4.69, 9.17) is 4.74 Å². The van der Waals surface area contributed by atoms with Crippen LogP contribution in [0.1, 0.15) is 28.4 Å². The van der Waals surface area contributed by atoms with E-state index in [2.05, 4.69) is 20.8 Å². The Labute approximate surface area is 138 Å². The minimum Gasteiger partial charge on any atom is -0.493 e. The van der Waals surface area contributed by atoms with E-state index in [9.17, 15) is 4.79 Å². The number of ether oxygens (including phenoxy) is 1. The lowest BCUT2D eigenvalue weighted by Crippen LogP contribution is -2.32. The number of carbonyl (C=O) groups is 1. The number of aromatic nitrogens is 4. The molecular formula is C17H15N5O2. The Hall–Kier alpha value is -3.22. The molecule has 0 unspecified atom stereocenters. The maximum Gasteiger partial charge on any atom is 0.251 e. The fourth-order valence-corrected chi connectivity index (χ4v) is 2.80. The van der Waals surface area contributed by atoms with E-state index >= 15 is 0 Å². The number of amides is 1. The van der Waals surface area contributed by atoms with Crippen LogP contribution in [0.4, 0.5) is 0 Å². The molecule has 1 aromatic heterocycles. The number of hydrogen-bond acceptors (Lipinski definition) is 5. The molecule has 3 aromatic rings. The number of hydrogen-bond donors (Lipinski definition) is 1. The fraction of sp³-hybridized carbons (Fsp3) is 0.176. The highest BCUT2D eigenvalue weighted by Crippen LogP contribution is 2.31. The number of carbonyl (C=O) groups excluding carboxylic acids is 1. The van der Waals surface area contributed by atoms with Gasteiger partial charge in [0.05, 0.1) is 18.3 Å². The predicted molar refractivity (Wildman–Crippen MR) is 85.9 cm³/mol. The van der Waals surface area contributed by atoms with Crippen molar-refractivity contribution in [3.05, 3.63) is 66.0 Å². The largest absolute Gasteiger partial charge is 0.493 e. The number of benzene rings is 2. The Morgan fingerprint density at radius 2 is 2.12 bits per heavy atom. The van der Waals surface area contributed by atoms with Gasteiger partial charge in [0.1, 0.15) is 12.1 Å². The van der Waals surface area contributed by atoms with Gasteiger partial charge in [0.2, 0.25) is 0 Å². The average Bonchev–Trinajstić information content (AvgIpc) is 3.17. The highest BCUT2D eigenvalue weighted by molar-refractivity contribution is 5.95. The highest BCUT2D eigenvalue weighted by Gasteiger charge is 2.23. The van der Waals surface area contributed by atoms with Crippen LogP contribution in [0.2, 0.25) is 0 Å². The van der Waals surface area contributed by atoms with Crippen LogP contribution < -0.4 is 10.1 Å². The van der Waals surface area contributed by atoms with E-state index in [1.807, 2.05) is 36.4 Å². The number of para-hydroxylation sites is 1. The lowest BCUT2D eigenvalue weighted by molar-refractivity contribution is 0.0925. The van der Waals surface area contributed by atoms with E-state index < -0.39 is 0 Å². The summed E-state index contributed by atoms with van der Waals surface area (Å²) in [7, 11) is 0. The summed E-state index contributed by atoms with van der Waals surface area (Å²) in [6, 6.07) is 14.9. The van der Waals surface area contributed by atoms with Crippen LogP contribution >= 0.6 is 0 Å². The van der Waals surface area contributed by atoms with Crippen LogP contribution in [-0.2, 0) is 0 Å². The molecule has 0 aliphatic carbocycles. The lowest BCUT2D eigenvalue weighted by Gasteiger charge is -2.26. The molecule has 1 atom stereocenters. The van der Waals surface area contributed by atoms with Crippen LogP contribution in [-0.4, -0.2) is 32.7 Å². The molecule has 120 valence electrons. The molecule has 7 heteroatoms. The monoisotopic (exact) mass is 321 g/mol. The van der Waals surface area contributed by atoms with Gasteiger partial charge in [-0.15, -0.1) is 5.10 Å². The van der Waals surface area contributed by atoms with Gasteiger partial charge in [-0.3, -0.25) is 4.79 Å². The Balaban J connectivity index is 1.56. The maximum atomic E-state index is 12.6. The standard InChI is InChI=1S/C17H15N5O2/c23-17(12-4-3-5-13(10-12)22-11-18-20-21-22)19-15-8-9-24-16-7-2-1-6-14(15)16/h1-7,10-11,15H,8-9H2,(H,19,23)/t15-/m0/s1. The second-order valence-electron chi connectivity index (χ2n) is 5.51. The molecule has 1 aliphatic heterocycles. The van der Waals surface area contributed by atoms with E-state index in [1.54, 1.807) is 12.1 Å². The molecule has 0 saturated carbocycles. The first-order valence-electron chi connectivity index (χ1n) is 7.67. The molecule has 2 aromatic carbocycles. The SMILES string of the molecule is O=C(N[C@H]1CCOc2ccccc21)c1cccc(-n2cnnn2)c1. The third-order valence-corrected chi connectivity index (χ3v) is 3.99. The van der Waals surface area contributed by atoms with Crippen LogP contribution in [0, 0.1) is 0 Å². The van der Waals surface area contributed by atoms with Gasteiger partial charge in [0, 0.05) is 17.5 Å². The second kappa shape index (κ2) is 6.11. The molecule has 4 rings (SSSR count). The number of tetrazole rings is 1. The van der Waals surface area contributed by atoms with Gasteiger partial charge in [-0.1, -0.05) is 24.3 Å². The normalized spacial score (nSPS) is 16.1. The first kappa shape index (κ1) is 14.4. The van der Waals surface area contributed by atoms with Crippen molar-refractivity contribution in [3.63, 3.8) is 0 Å². The van der Waals surface area contributed by atoms with Crippen LogP contribution in [0.5, 0.6) is 5.75 Å². The van der Waals surface area contributed by atoms with Crippen molar-refractivity contribution >= 4 is 5.91 Å². The summed E-state index contributed by atoms with van der Waals surface area (Å²) in [6.45, 7) is 0.590. The molecule has 0 fully saturated rings. The van der Waals surface area contributed by atoms with Crippen molar-refractivity contribution in [2.45, 2.75) is 12.5 Å². The van der Waals surface area contributed by atoms with Gasteiger partial charge < -0.3 is 10.1 Å². The van der Waals surface area contributed by atoms with Gasteiger partial charge in [-0.2, -0.15) is 0 Å². The van der Waals surface area contributed by atoms with Crippen LogP contribution in [0.25, 0.3) is 5.69 Å². The summed E-state index contributed by atoms with van der Waals surface area (Å²) in [5.74, 6) is 0.697. The van der Waals surface area contributed by atoms with Crippen molar-refractivity contribution in [2.75, 3.05) is 6.61 Å². The Bertz CT molecular complexity index is 863. The molecule has 7 nitrogen and oxygen atoms in total. The summed E-state index contributed by atoms with van der Waals surface area (Å²) < 4.78 is 7.15.